The first-order valence-corrected chi connectivity index (χ1v) is 13.1. The van der Waals surface area contributed by atoms with Crippen LogP contribution in [0.5, 0.6) is 5.75 Å². The van der Waals surface area contributed by atoms with Crippen LogP contribution in [0.4, 0.5) is 10.1 Å². The van der Waals surface area contributed by atoms with Gasteiger partial charge in [0.2, 0.25) is 11.8 Å². The Morgan fingerprint density at radius 3 is 2.31 bits per heavy atom. The normalized spacial score (nSPS) is 22.3. The lowest BCUT2D eigenvalue weighted by molar-refractivity contribution is -0.152. The Labute approximate surface area is 238 Å². The van der Waals surface area contributed by atoms with Crippen molar-refractivity contribution in [2.45, 2.75) is 43.2 Å². The van der Waals surface area contributed by atoms with Gasteiger partial charge < -0.3 is 20.5 Å². The molecular formula is C28H22Cl3FN2O5. The Morgan fingerprint density at radius 2 is 1.62 bits per heavy atom. The van der Waals surface area contributed by atoms with Gasteiger partial charge in [-0.05, 0) is 67.9 Å². The standard InChI is InChI=1S/C28H22Cl3FN2O5/c1-27(2,26(37)38)39-22-8-5-14(30)9-16(22)19-12-23(35)34-24(17-10-13(29)4-7-20(17)32)28(19)18-6-3-15(31)11-21(18)33-25(28)36/h3-11,19,24H,12H2,1-2H3,(H,33,36)(H,34,35)(H,37,38). The third-order valence-electron chi connectivity index (χ3n) is 7.25. The molecule has 0 radical (unpaired) electrons. The van der Waals surface area contributed by atoms with Gasteiger partial charge in [-0.3, -0.25) is 9.59 Å². The highest BCUT2D eigenvalue weighted by Gasteiger charge is 2.62. The van der Waals surface area contributed by atoms with Gasteiger partial charge in [0.05, 0.1) is 6.04 Å². The number of nitrogens with one attached hydrogen (secondary N) is 2. The fourth-order valence-corrected chi connectivity index (χ4v) is 5.99. The van der Waals surface area contributed by atoms with Crippen LogP contribution in [0.25, 0.3) is 0 Å². The van der Waals surface area contributed by atoms with Gasteiger partial charge in [-0.15, -0.1) is 0 Å². The van der Waals surface area contributed by atoms with E-state index >= 15 is 4.39 Å². The molecule has 0 aromatic heterocycles. The lowest BCUT2D eigenvalue weighted by Crippen LogP contribution is -2.57. The van der Waals surface area contributed by atoms with E-state index in [1.807, 2.05) is 0 Å². The highest BCUT2D eigenvalue weighted by Crippen LogP contribution is 2.59. The summed E-state index contributed by atoms with van der Waals surface area (Å²) in [5.41, 5.74) is -2.08. The molecule has 11 heteroatoms. The molecule has 7 nitrogen and oxygen atoms in total. The van der Waals surface area contributed by atoms with Crippen LogP contribution in [0.1, 0.15) is 48.9 Å². The highest BCUT2D eigenvalue weighted by molar-refractivity contribution is 6.31. The van der Waals surface area contributed by atoms with Crippen LogP contribution in [0, 0.1) is 5.82 Å². The average Bonchev–Trinajstić information content (AvgIpc) is 3.14. The van der Waals surface area contributed by atoms with Crippen molar-refractivity contribution in [3.8, 4) is 5.75 Å². The summed E-state index contributed by atoms with van der Waals surface area (Å²) >= 11 is 18.9. The van der Waals surface area contributed by atoms with Gasteiger partial charge in [-0.2, -0.15) is 0 Å². The monoisotopic (exact) mass is 590 g/mol. The number of carboxylic acids is 1. The SMILES string of the molecule is CC(C)(Oc1ccc(Cl)cc1C1CC(=O)NC(c2cc(Cl)ccc2F)C12C(=O)Nc1cc(Cl)ccc12)C(=O)O. The molecule has 2 heterocycles. The fraction of sp³-hybridized carbons (Fsp3) is 0.250. The predicted molar refractivity (Wildman–Crippen MR) is 145 cm³/mol. The van der Waals surface area contributed by atoms with Crippen molar-refractivity contribution < 1.29 is 28.6 Å². The molecule has 3 aromatic rings. The zero-order chi connectivity index (χ0) is 28.3. The largest absolute Gasteiger partial charge is 0.478 e. The second-order valence-electron chi connectivity index (χ2n) is 10.0. The van der Waals surface area contributed by atoms with Crippen LogP contribution in [-0.2, 0) is 19.8 Å². The minimum atomic E-state index is -1.66. The molecule has 39 heavy (non-hydrogen) atoms. The molecule has 3 N–H and O–H groups in total. The molecule has 2 aliphatic rings. The summed E-state index contributed by atoms with van der Waals surface area (Å²) in [6.45, 7) is 2.75. The van der Waals surface area contributed by atoms with Gasteiger partial charge in [-0.25, -0.2) is 9.18 Å². The third-order valence-corrected chi connectivity index (χ3v) is 7.95. The number of hydrogen-bond acceptors (Lipinski definition) is 4. The minimum Gasteiger partial charge on any atom is -0.478 e. The molecule has 0 saturated carbocycles. The number of carbonyl (C=O) groups is 3. The molecule has 3 atom stereocenters. The van der Waals surface area contributed by atoms with Gasteiger partial charge in [0, 0.05) is 44.2 Å². The topological polar surface area (TPSA) is 105 Å². The lowest BCUT2D eigenvalue weighted by Gasteiger charge is -2.46. The van der Waals surface area contributed by atoms with Crippen LogP contribution in [-0.4, -0.2) is 28.5 Å². The number of benzene rings is 3. The second kappa shape index (κ2) is 9.70. The Hall–Kier alpha value is -3.33. The van der Waals surface area contributed by atoms with Crippen molar-refractivity contribution in [3.63, 3.8) is 0 Å². The number of hydrogen-bond donors (Lipinski definition) is 3. The molecule has 2 amide bonds. The molecule has 1 spiro atoms. The Bertz CT molecular complexity index is 1550. The average molecular weight is 592 g/mol. The first-order chi connectivity index (χ1) is 18.3. The van der Waals surface area contributed by atoms with Crippen LogP contribution in [0.15, 0.2) is 54.6 Å². The predicted octanol–water partition coefficient (Wildman–Crippen LogP) is 6.26. The molecule has 1 saturated heterocycles. The van der Waals surface area contributed by atoms with Gasteiger partial charge >= 0.3 is 5.97 Å². The van der Waals surface area contributed by atoms with Crippen molar-refractivity contribution in [2.24, 2.45) is 0 Å². The maximum atomic E-state index is 15.4. The summed E-state index contributed by atoms with van der Waals surface area (Å²) in [5, 5.41) is 16.2. The van der Waals surface area contributed by atoms with Gasteiger partial charge in [0.25, 0.3) is 0 Å². The highest BCUT2D eigenvalue weighted by atomic mass is 35.5. The zero-order valence-corrected chi connectivity index (χ0v) is 22.9. The third kappa shape index (κ3) is 4.50. The van der Waals surface area contributed by atoms with E-state index in [4.69, 9.17) is 39.5 Å². The van der Waals surface area contributed by atoms with E-state index in [0.717, 1.165) is 0 Å². The van der Waals surface area contributed by atoms with E-state index in [1.165, 1.54) is 50.2 Å². The summed E-state index contributed by atoms with van der Waals surface area (Å²) in [7, 11) is 0. The molecular weight excluding hydrogens is 570 g/mol. The summed E-state index contributed by atoms with van der Waals surface area (Å²) in [5.74, 6) is -3.72. The van der Waals surface area contributed by atoms with E-state index in [9.17, 15) is 19.5 Å². The maximum Gasteiger partial charge on any atom is 0.347 e. The number of carboxylic acid groups (broad SMARTS) is 1. The molecule has 202 valence electrons. The number of halogens is 4. The van der Waals surface area contributed by atoms with E-state index in [-0.39, 0.29) is 27.8 Å². The summed E-state index contributed by atoms with van der Waals surface area (Å²) in [4.78, 5) is 39.3. The van der Waals surface area contributed by atoms with E-state index in [0.29, 0.717) is 21.8 Å². The maximum absolute atomic E-state index is 15.4. The second-order valence-corrected chi connectivity index (χ2v) is 11.3. The number of ether oxygens (including phenoxy) is 1. The smallest absolute Gasteiger partial charge is 0.347 e. The number of rotatable bonds is 5. The first-order valence-electron chi connectivity index (χ1n) is 11.9. The molecule has 3 unspecified atom stereocenters. The minimum absolute atomic E-state index is 0.00821. The van der Waals surface area contributed by atoms with Gasteiger partial charge in [0.1, 0.15) is 17.0 Å². The molecule has 1 fully saturated rings. The van der Waals surface area contributed by atoms with Crippen LogP contribution >= 0.6 is 34.8 Å². The Morgan fingerprint density at radius 1 is 1.00 bits per heavy atom. The summed E-state index contributed by atoms with van der Waals surface area (Å²) in [6.07, 6.45) is -0.210. The molecule has 3 aromatic carbocycles. The summed E-state index contributed by atoms with van der Waals surface area (Å²) < 4.78 is 21.3. The first kappa shape index (κ1) is 27.2. The van der Waals surface area contributed by atoms with Crippen molar-refractivity contribution in [2.75, 3.05) is 5.32 Å². The number of fused-ring (bicyclic) bond motifs is 2. The Kier molecular flexibility index (Phi) is 6.77. The van der Waals surface area contributed by atoms with Crippen LogP contribution in [0.3, 0.4) is 0 Å². The van der Waals surface area contributed by atoms with Crippen molar-refractivity contribution in [1.29, 1.82) is 0 Å². The fourth-order valence-electron chi connectivity index (χ4n) is 5.46. The van der Waals surface area contributed by atoms with E-state index in [1.54, 1.807) is 18.2 Å². The van der Waals surface area contributed by atoms with Crippen molar-refractivity contribution >= 4 is 58.3 Å². The Balaban J connectivity index is 1.82. The van der Waals surface area contributed by atoms with Gasteiger partial charge in [0.15, 0.2) is 5.60 Å². The summed E-state index contributed by atoms with van der Waals surface area (Å²) in [6, 6.07) is 12.1. The number of piperidine rings is 1. The molecule has 0 bridgehead atoms. The van der Waals surface area contributed by atoms with Crippen LogP contribution in [0.2, 0.25) is 15.1 Å². The number of amides is 2. The zero-order valence-electron chi connectivity index (χ0n) is 20.7. The molecule has 2 aliphatic heterocycles. The van der Waals surface area contributed by atoms with E-state index < -0.39 is 46.6 Å². The molecule has 0 aliphatic carbocycles. The molecule has 5 rings (SSSR count). The lowest BCUT2D eigenvalue weighted by atomic mass is 9.59. The van der Waals surface area contributed by atoms with Gasteiger partial charge in [-0.1, -0.05) is 40.9 Å². The van der Waals surface area contributed by atoms with Crippen molar-refractivity contribution in [1.82, 2.24) is 5.32 Å². The number of aliphatic carboxylic acids is 1. The quantitative estimate of drug-likeness (QED) is 0.325. The number of carbonyl (C=O) groups excluding carboxylic acids is 2. The number of anilines is 1. The van der Waals surface area contributed by atoms with Crippen molar-refractivity contribution in [3.05, 3.63) is 92.2 Å². The van der Waals surface area contributed by atoms with Crippen LogP contribution < -0.4 is 15.4 Å². The van der Waals surface area contributed by atoms with E-state index in [2.05, 4.69) is 10.6 Å².